The molecule has 1 aliphatic rings. The van der Waals surface area contributed by atoms with E-state index in [-0.39, 0.29) is 5.54 Å². The molecule has 0 aromatic carbocycles. The molecule has 18 heavy (non-hydrogen) atoms. The Morgan fingerprint density at radius 3 is 2.50 bits per heavy atom. The van der Waals surface area contributed by atoms with Crippen molar-refractivity contribution in [3.8, 4) is 0 Å². The molecule has 0 saturated heterocycles. The molecule has 1 fully saturated rings. The van der Waals surface area contributed by atoms with Crippen LogP contribution in [0.15, 0.2) is 15.2 Å². The average molecular weight is 331 g/mol. The molecule has 2 rings (SSSR count). The molecule has 1 aromatic heterocycles. The van der Waals surface area contributed by atoms with Crippen LogP contribution in [0.25, 0.3) is 0 Å². The van der Waals surface area contributed by atoms with Crippen LogP contribution in [0.5, 0.6) is 0 Å². The van der Waals surface area contributed by atoms with Gasteiger partial charge in [-0.15, -0.1) is 11.3 Å². The van der Waals surface area contributed by atoms with E-state index in [1.165, 1.54) is 47.9 Å². The van der Waals surface area contributed by atoms with E-state index >= 15 is 0 Å². The first kappa shape index (κ1) is 14.5. The molecule has 0 unspecified atom stereocenters. The third kappa shape index (κ3) is 3.35. The normalized spacial score (nSPS) is 20.0. The first-order valence-corrected chi connectivity index (χ1v) is 8.48. The molecule has 0 aliphatic heterocycles. The van der Waals surface area contributed by atoms with Crippen molar-refractivity contribution in [2.45, 2.75) is 50.6 Å². The van der Waals surface area contributed by atoms with Crippen LogP contribution in [-0.2, 0) is 6.54 Å². The lowest BCUT2D eigenvalue weighted by Crippen LogP contribution is -2.51. The topological polar surface area (TPSA) is 29.3 Å². The van der Waals surface area contributed by atoms with E-state index in [1.54, 1.807) is 11.3 Å². The van der Waals surface area contributed by atoms with Gasteiger partial charge < -0.3 is 5.73 Å². The fraction of sp³-hybridized carbons (Fsp3) is 0.714. The van der Waals surface area contributed by atoms with Gasteiger partial charge in [-0.25, -0.2) is 0 Å². The summed E-state index contributed by atoms with van der Waals surface area (Å²) in [6.45, 7) is 1.80. The van der Waals surface area contributed by atoms with Crippen LogP contribution < -0.4 is 5.73 Å². The zero-order valence-corrected chi connectivity index (χ0v) is 13.5. The molecule has 102 valence electrons. The lowest BCUT2D eigenvalue weighted by Gasteiger charge is -2.41. The van der Waals surface area contributed by atoms with Gasteiger partial charge >= 0.3 is 0 Å². The number of hydrogen-bond acceptors (Lipinski definition) is 3. The van der Waals surface area contributed by atoms with Crippen LogP contribution in [-0.4, -0.2) is 24.0 Å². The highest BCUT2D eigenvalue weighted by Gasteiger charge is 2.33. The summed E-state index contributed by atoms with van der Waals surface area (Å²) in [5, 5.41) is 2.24. The summed E-state index contributed by atoms with van der Waals surface area (Å²) in [6.07, 6.45) is 7.92. The van der Waals surface area contributed by atoms with E-state index in [2.05, 4.69) is 39.3 Å². The quantitative estimate of drug-likeness (QED) is 0.845. The molecule has 4 heteroatoms. The van der Waals surface area contributed by atoms with Crippen molar-refractivity contribution in [3.63, 3.8) is 0 Å². The van der Waals surface area contributed by atoms with E-state index in [4.69, 9.17) is 5.73 Å². The van der Waals surface area contributed by atoms with Crippen LogP contribution in [0.3, 0.4) is 0 Å². The molecule has 1 aliphatic carbocycles. The number of rotatable bonds is 4. The van der Waals surface area contributed by atoms with Crippen molar-refractivity contribution < 1.29 is 0 Å². The fourth-order valence-corrected chi connectivity index (χ4v) is 4.20. The van der Waals surface area contributed by atoms with Gasteiger partial charge in [0, 0.05) is 18.6 Å². The Bertz CT molecular complexity index is 370. The van der Waals surface area contributed by atoms with E-state index in [0.717, 1.165) is 13.1 Å². The standard InChI is InChI=1S/C14H23BrN2S/c1-17(9-12-8-13(15)18-10-12)14(11-16)6-4-2-3-5-7-14/h8,10H,2-7,9,11,16H2,1H3. The van der Waals surface area contributed by atoms with Gasteiger partial charge in [0.1, 0.15) is 0 Å². The molecule has 1 aromatic rings. The SMILES string of the molecule is CN(Cc1csc(Br)c1)C1(CN)CCCCCC1. The van der Waals surface area contributed by atoms with Crippen LogP contribution in [0.2, 0.25) is 0 Å². The summed E-state index contributed by atoms with van der Waals surface area (Å²) in [4.78, 5) is 2.49. The molecule has 1 saturated carbocycles. The zero-order valence-electron chi connectivity index (χ0n) is 11.1. The number of likely N-dealkylation sites (N-methyl/N-ethyl adjacent to an activating group) is 1. The highest BCUT2D eigenvalue weighted by atomic mass is 79.9. The van der Waals surface area contributed by atoms with Crippen molar-refractivity contribution in [1.29, 1.82) is 0 Å². The average Bonchev–Trinajstić information content (AvgIpc) is 2.65. The predicted molar refractivity (Wildman–Crippen MR) is 83.0 cm³/mol. The van der Waals surface area contributed by atoms with Crippen molar-refractivity contribution in [2.75, 3.05) is 13.6 Å². The summed E-state index contributed by atoms with van der Waals surface area (Å²) in [6, 6.07) is 2.22. The first-order valence-electron chi connectivity index (χ1n) is 6.80. The summed E-state index contributed by atoms with van der Waals surface area (Å²) in [5.74, 6) is 0. The van der Waals surface area contributed by atoms with Gasteiger partial charge in [-0.1, -0.05) is 25.7 Å². The van der Waals surface area contributed by atoms with Crippen molar-refractivity contribution >= 4 is 27.3 Å². The fourth-order valence-electron chi connectivity index (χ4n) is 3.00. The van der Waals surface area contributed by atoms with Gasteiger partial charge in [0.2, 0.25) is 0 Å². The van der Waals surface area contributed by atoms with E-state index in [0.29, 0.717) is 0 Å². The highest BCUT2D eigenvalue weighted by molar-refractivity contribution is 9.11. The monoisotopic (exact) mass is 330 g/mol. The Labute approximate surface area is 123 Å². The second-order valence-electron chi connectivity index (χ2n) is 5.46. The third-order valence-electron chi connectivity index (χ3n) is 4.27. The van der Waals surface area contributed by atoms with Gasteiger partial charge in [-0.3, -0.25) is 4.90 Å². The number of halogens is 1. The largest absolute Gasteiger partial charge is 0.329 e. The van der Waals surface area contributed by atoms with Crippen molar-refractivity contribution in [1.82, 2.24) is 4.90 Å². The molecule has 0 radical (unpaired) electrons. The maximum Gasteiger partial charge on any atom is 0.0701 e. The Balaban J connectivity index is 2.06. The van der Waals surface area contributed by atoms with Gasteiger partial charge in [0.15, 0.2) is 0 Å². The van der Waals surface area contributed by atoms with E-state index in [1.807, 2.05) is 0 Å². The Hall–Kier alpha value is 0.1000. The molecular weight excluding hydrogens is 308 g/mol. The van der Waals surface area contributed by atoms with Crippen LogP contribution in [0.4, 0.5) is 0 Å². The maximum absolute atomic E-state index is 6.12. The molecule has 1 heterocycles. The highest BCUT2D eigenvalue weighted by Crippen LogP contribution is 2.32. The van der Waals surface area contributed by atoms with Gasteiger partial charge in [-0.2, -0.15) is 0 Å². The Morgan fingerprint density at radius 1 is 1.33 bits per heavy atom. The van der Waals surface area contributed by atoms with E-state index < -0.39 is 0 Å². The second kappa shape index (κ2) is 6.51. The minimum absolute atomic E-state index is 0.227. The second-order valence-corrected chi connectivity index (χ2v) is 7.75. The zero-order chi connectivity index (χ0) is 13.0. The summed E-state index contributed by atoms with van der Waals surface area (Å²) >= 11 is 5.30. The Morgan fingerprint density at radius 2 is 2.00 bits per heavy atom. The summed E-state index contributed by atoms with van der Waals surface area (Å²) in [7, 11) is 2.24. The summed E-state index contributed by atoms with van der Waals surface area (Å²) in [5.41, 5.74) is 7.74. The minimum atomic E-state index is 0.227. The minimum Gasteiger partial charge on any atom is -0.329 e. The lowest BCUT2D eigenvalue weighted by molar-refractivity contribution is 0.0998. The van der Waals surface area contributed by atoms with Gasteiger partial charge in [0.05, 0.1) is 3.79 Å². The third-order valence-corrected chi connectivity index (χ3v) is 5.82. The van der Waals surface area contributed by atoms with Crippen molar-refractivity contribution in [2.24, 2.45) is 5.73 Å². The summed E-state index contributed by atoms with van der Waals surface area (Å²) < 4.78 is 1.22. The van der Waals surface area contributed by atoms with Crippen LogP contribution >= 0.6 is 27.3 Å². The van der Waals surface area contributed by atoms with Crippen molar-refractivity contribution in [3.05, 3.63) is 20.8 Å². The van der Waals surface area contributed by atoms with E-state index in [9.17, 15) is 0 Å². The molecule has 0 spiro atoms. The molecule has 2 N–H and O–H groups in total. The number of thiophene rings is 1. The van der Waals surface area contributed by atoms with Gasteiger partial charge in [-0.05, 0) is 52.8 Å². The molecule has 0 bridgehead atoms. The number of nitrogens with two attached hydrogens (primary N) is 1. The first-order chi connectivity index (χ1) is 8.66. The van der Waals surface area contributed by atoms with Crippen LogP contribution in [0, 0.1) is 0 Å². The smallest absolute Gasteiger partial charge is 0.0701 e. The molecule has 2 nitrogen and oxygen atoms in total. The predicted octanol–water partition coefficient (Wildman–Crippen LogP) is 3.99. The lowest BCUT2D eigenvalue weighted by atomic mass is 9.88. The molecule has 0 atom stereocenters. The number of nitrogens with zero attached hydrogens (tertiary/aromatic N) is 1. The maximum atomic E-state index is 6.12. The molecule has 0 amide bonds. The van der Waals surface area contributed by atoms with Gasteiger partial charge in [0.25, 0.3) is 0 Å². The van der Waals surface area contributed by atoms with Crippen LogP contribution in [0.1, 0.15) is 44.1 Å². The molecular formula is C14H23BrN2S. The number of hydrogen-bond donors (Lipinski definition) is 1. The Kier molecular flexibility index (Phi) is 5.24.